The lowest BCUT2D eigenvalue weighted by Crippen LogP contribution is -2.45. The van der Waals surface area contributed by atoms with E-state index in [9.17, 15) is 19.8 Å². The topological polar surface area (TPSA) is 95.9 Å². The van der Waals surface area contributed by atoms with Gasteiger partial charge < -0.3 is 20.3 Å². The summed E-state index contributed by atoms with van der Waals surface area (Å²) in [6.07, 6.45) is 69.8. The lowest BCUT2D eigenvalue weighted by molar-refractivity contribution is -0.143. The average Bonchev–Trinajstić information content (AvgIpc) is 3.35. The van der Waals surface area contributed by atoms with Crippen LogP contribution in [0.2, 0.25) is 0 Å². The van der Waals surface area contributed by atoms with Crippen molar-refractivity contribution < 1.29 is 24.5 Å². The zero-order valence-electron chi connectivity index (χ0n) is 47.1. The van der Waals surface area contributed by atoms with E-state index in [2.05, 4.69) is 19.2 Å². The Kier molecular flexibility index (Phi) is 58.4. The first-order valence-corrected chi connectivity index (χ1v) is 31.8. The molecule has 0 radical (unpaired) electrons. The molecule has 0 aromatic carbocycles. The zero-order valence-corrected chi connectivity index (χ0v) is 47.1. The zero-order chi connectivity index (χ0) is 50.0. The van der Waals surface area contributed by atoms with E-state index in [4.69, 9.17) is 4.74 Å². The van der Waals surface area contributed by atoms with Crippen LogP contribution in [0.1, 0.15) is 367 Å². The van der Waals surface area contributed by atoms with Crippen molar-refractivity contribution in [3.8, 4) is 0 Å². The van der Waals surface area contributed by atoms with Crippen LogP contribution in [0.3, 0.4) is 0 Å². The molecule has 0 aliphatic rings. The molecular weight excluding hydrogens is 851 g/mol. The SMILES string of the molecule is CCCCCCCCCCCCCCCC(=O)OCCCCCCCCCCCCCCCCCCCCCCCCCCCCC(=O)NC(CO)C(O)CCCCCCCCCCCCCCC. The molecule has 6 heteroatoms. The molecule has 412 valence electrons. The molecule has 3 N–H and O–H groups in total. The van der Waals surface area contributed by atoms with Crippen LogP contribution in [0.25, 0.3) is 0 Å². The number of unbranched alkanes of at least 4 members (excludes halogenated alkanes) is 49. The third-order valence-corrected chi connectivity index (χ3v) is 15.2. The van der Waals surface area contributed by atoms with E-state index in [0.717, 1.165) is 38.5 Å². The van der Waals surface area contributed by atoms with Crippen LogP contribution in [0.15, 0.2) is 0 Å². The second-order valence-electron chi connectivity index (χ2n) is 22.1. The molecule has 0 spiro atoms. The molecule has 2 atom stereocenters. The van der Waals surface area contributed by atoms with E-state index in [-0.39, 0.29) is 18.5 Å². The van der Waals surface area contributed by atoms with Crippen LogP contribution >= 0.6 is 0 Å². The highest BCUT2D eigenvalue weighted by Gasteiger charge is 2.20. The second-order valence-corrected chi connectivity index (χ2v) is 22.1. The quantitative estimate of drug-likeness (QED) is 0.0417. The molecule has 2 unspecified atom stereocenters. The molecule has 0 rings (SSSR count). The summed E-state index contributed by atoms with van der Waals surface area (Å²) in [7, 11) is 0. The monoisotopic (exact) mass is 976 g/mol. The molecule has 69 heavy (non-hydrogen) atoms. The minimum absolute atomic E-state index is 0.0197. The average molecular weight is 977 g/mol. The van der Waals surface area contributed by atoms with Crippen molar-refractivity contribution in [2.75, 3.05) is 13.2 Å². The predicted molar refractivity (Wildman–Crippen MR) is 301 cm³/mol. The van der Waals surface area contributed by atoms with Crippen LogP contribution in [0.4, 0.5) is 0 Å². The molecule has 6 nitrogen and oxygen atoms in total. The van der Waals surface area contributed by atoms with Crippen LogP contribution < -0.4 is 5.32 Å². The Hall–Kier alpha value is -1.14. The smallest absolute Gasteiger partial charge is 0.305 e. The first-order chi connectivity index (χ1) is 34.0. The van der Waals surface area contributed by atoms with Gasteiger partial charge in [-0.15, -0.1) is 0 Å². The maximum Gasteiger partial charge on any atom is 0.305 e. The van der Waals surface area contributed by atoms with Gasteiger partial charge in [0.25, 0.3) is 0 Å². The first-order valence-electron chi connectivity index (χ1n) is 31.8. The molecule has 0 heterocycles. The predicted octanol–water partition coefficient (Wildman–Crippen LogP) is 19.9. The number of nitrogens with one attached hydrogen (secondary N) is 1. The van der Waals surface area contributed by atoms with Gasteiger partial charge in [0.15, 0.2) is 0 Å². The van der Waals surface area contributed by atoms with Gasteiger partial charge in [0, 0.05) is 12.8 Å². The molecule has 1 amide bonds. The number of ether oxygens (including phenoxy) is 1. The van der Waals surface area contributed by atoms with Crippen LogP contribution in [-0.2, 0) is 14.3 Å². The van der Waals surface area contributed by atoms with Crippen LogP contribution in [-0.4, -0.2) is 47.4 Å². The van der Waals surface area contributed by atoms with E-state index >= 15 is 0 Å². The third kappa shape index (κ3) is 56.0. The minimum Gasteiger partial charge on any atom is -0.466 e. The summed E-state index contributed by atoms with van der Waals surface area (Å²) in [4.78, 5) is 24.5. The normalized spacial score (nSPS) is 12.5. The Balaban J connectivity index is 3.32. The van der Waals surface area contributed by atoms with Crippen molar-refractivity contribution in [2.45, 2.75) is 379 Å². The summed E-state index contributed by atoms with van der Waals surface area (Å²) in [6.45, 7) is 4.98. The number of rotatable bonds is 60. The number of amides is 1. The fraction of sp³-hybridized carbons (Fsp3) is 0.968. The van der Waals surface area contributed by atoms with Gasteiger partial charge in [-0.05, 0) is 25.7 Å². The maximum atomic E-state index is 12.5. The van der Waals surface area contributed by atoms with Gasteiger partial charge in [0.1, 0.15) is 0 Å². The van der Waals surface area contributed by atoms with Crippen molar-refractivity contribution in [2.24, 2.45) is 0 Å². The number of hydrogen-bond acceptors (Lipinski definition) is 5. The molecule has 0 saturated carbocycles. The molecule has 0 fully saturated rings. The van der Waals surface area contributed by atoms with E-state index in [1.807, 2.05) is 0 Å². The number of aliphatic hydroxyl groups excluding tert-OH is 2. The summed E-state index contributed by atoms with van der Waals surface area (Å²) < 4.78 is 5.48. The van der Waals surface area contributed by atoms with Crippen molar-refractivity contribution in [3.05, 3.63) is 0 Å². The van der Waals surface area contributed by atoms with Crippen LogP contribution in [0.5, 0.6) is 0 Å². The van der Waals surface area contributed by atoms with E-state index in [1.54, 1.807) is 0 Å². The Labute approximate surface area is 432 Å². The highest BCUT2D eigenvalue weighted by molar-refractivity contribution is 5.76. The van der Waals surface area contributed by atoms with E-state index in [0.29, 0.717) is 25.9 Å². The second kappa shape index (κ2) is 59.4. The fourth-order valence-electron chi connectivity index (χ4n) is 10.3. The standard InChI is InChI=1S/C63H125NO5/c1-3-5-7-9-11-13-15-31-35-39-43-47-51-55-61(66)60(59-65)64-62(67)56-52-48-44-40-36-33-29-27-25-23-21-19-17-18-20-22-24-26-28-30-34-38-42-46-50-54-58-69-63(68)57-53-49-45-41-37-32-16-14-12-10-8-6-4-2/h60-61,65-66H,3-59H2,1-2H3,(H,64,67). The Morgan fingerprint density at radius 2 is 0.594 bits per heavy atom. The van der Waals surface area contributed by atoms with Gasteiger partial charge in [-0.3, -0.25) is 9.59 Å². The largest absolute Gasteiger partial charge is 0.466 e. The molecular formula is C63H125NO5. The van der Waals surface area contributed by atoms with Gasteiger partial charge in [-0.1, -0.05) is 328 Å². The van der Waals surface area contributed by atoms with Gasteiger partial charge in [0.2, 0.25) is 5.91 Å². The van der Waals surface area contributed by atoms with Gasteiger partial charge >= 0.3 is 5.97 Å². The van der Waals surface area contributed by atoms with E-state index in [1.165, 1.54) is 295 Å². The Morgan fingerprint density at radius 3 is 0.884 bits per heavy atom. The highest BCUT2D eigenvalue weighted by Crippen LogP contribution is 2.19. The van der Waals surface area contributed by atoms with Gasteiger partial charge in [-0.2, -0.15) is 0 Å². The van der Waals surface area contributed by atoms with E-state index < -0.39 is 12.1 Å². The summed E-state index contributed by atoms with van der Waals surface area (Å²) >= 11 is 0. The summed E-state index contributed by atoms with van der Waals surface area (Å²) in [5.74, 6) is -0.0107. The molecule has 0 aromatic rings. The molecule has 0 aromatic heterocycles. The summed E-state index contributed by atoms with van der Waals surface area (Å²) in [5.41, 5.74) is 0. The number of carbonyl (C=O) groups is 2. The molecule has 0 bridgehead atoms. The lowest BCUT2D eigenvalue weighted by Gasteiger charge is -2.22. The Bertz CT molecular complexity index is 990. The summed E-state index contributed by atoms with van der Waals surface area (Å²) in [6, 6.07) is -0.537. The van der Waals surface area contributed by atoms with Crippen molar-refractivity contribution in [1.29, 1.82) is 0 Å². The lowest BCUT2D eigenvalue weighted by atomic mass is 10.0. The minimum atomic E-state index is -0.660. The fourth-order valence-corrected chi connectivity index (χ4v) is 10.3. The molecule has 0 saturated heterocycles. The number of carbonyl (C=O) groups excluding carboxylic acids is 2. The van der Waals surface area contributed by atoms with Gasteiger partial charge in [0.05, 0.1) is 25.4 Å². The van der Waals surface area contributed by atoms with Gasteiger partial charge in [-0.25, -0.2) is 0 Å². The maximum absolute atomic E-state index is 12.5. The molecule has 0 aliphatic carbocycles. The molecule has 0 aliphatic heterocycles. The number of hydrogen-bond donors (Lipinski definition) is 3. The first kappa shape index (κ1) is 67.9. The number of esters is 1. The number of aliphatic hydroxyl groups is 2. The van der Waals surface area contributed by atoms with Crippen molar-refractivity contribution >= 4 is 11.9 Å². The van der Waals surface area contributed by atoms with Crippen LogP contribution in [0, 0.1) is 0 Å². The Morgan fingerprint density at radius 1 is 0.348 bits per heavy atom. The highest BCUT2D eigenvalue weighted by atomic mass is 16.5. The summed E-state index contributed by atoms with van der Waals surface area (Å²) in [5, 5.41) is 23.3. The van der Waals surface area contributed by atoms with Crippen molar-refractivity contribution in [1.82, 2.24) is 5.32 Å². The van der Waals surface area contributed by atoms with Crippen molar-refractivity contribution in [3.63, 3.8) is 0 Å². The third-order valence-electron chi connectivity index (χ3n) is 15.2.